The molecule has 9 heteroatoms. The third-order valence-electron chi connectivity index (χ3n) is 3.29. The second kappa shape index (κ2) is 11.5. The van der Waals surface area contributed by atoms with Crippen molar-refractivity contribution < 1.29 is 33.4 Å². The van der Waals surface area contributed by atoms with E-state index in [9.17, 15) is 19.2 Å². The second-order valence-electron chi connectivity index (χ2n) is 5.17. The SMILES string of the molecule is COC(=O)CC[C@@H](NC(=O)CNC(=O)OCc1ccccc1)C(=O)OC. The number of hydrogen-bond donors (Lipinski definition) is 2. The third-order valence-corrected chi connectivity index (χ3v) is 3.29. The minimum absolute atomic E-state index is 0.0174. The predicted molar refractivity (Wildman–Crippen MR) is 89.8 cm³/mol. The molecule has 1 atom stereocenters. The lowest BCUT2D eigenvalue weighted by Crippen LogP contribution is -2.46. The maximum absolute atomic E-state index is 11.9. The number of benzene rings is 1. The predicted octanol–water partition coefficient (Wildman–Crippen LogP) is 0.524. The zero-order valence-electron chi connectivity index (χ0n) is 14.7. The molecule has 2 amide bonds. The minimum atomic E-state index is -1.02. The number of alkyl carbamates (subject to hydrolysis) is 1. The first-order valence-electron chi connectivity index (χ1n) is 7.84. The van der Waals surface area contributed by atoms with Crippen LogP contribution in [0.3, 0.4) is 0 Å². The second-order valence-corrected chi connectivity index (χ2v) is 5.17. The number of rotatable bonds is 9. The summed E-state index contributed by atoms with van der Waals surface area (Å²) in [5.41, 5.74) is 0.806. The summed E-state index contributed by atoms with van der Waals surface area (Å²) in [5, 5.41) is 4.66. The lowest BCUT2D eigenvalue weighted by molar-refractivity contribution is -0.146. The number of amides is 2. The van der Waals surface area contributed by atoms with Crippen molar-refractivity contribution in [3.8, 4) is 0 Å². The van der Waals surface area contributed by atoms with E-state index in [1.54, 1.807) is 12.1 Å². The molecule has 9 nitrogen and oxygen atoms in total. The van der Waals surface area contributed by atoms with Gasteiger partial charge < -0.3 is 24.8 Å². The molecule has 0 aliphatic carbocycles. The number of hydrogen-bond acceptors (Lipinski definition) is 7. The van der Waals surface area contributed by atoms with Crippen molar-refractivity contribution in [2.24, 2.45) is 0 Å². The quantitative estimate of drug-likeness (QED) is 0.483. The number of nitrogens with one attached hydrogen (secondary N) is 2. The Hall–Kier alpha value is -3.10. The van der Waals surface area contributed by atoms with Gasteiger partial charge >= 0.3 is 18.0 Å². The lowest BCUT2D eigenvalue weighted by atomic mass is 10.1. The number of ether oxygens (including phenoxy) is 3. The highest BCUT2D eigenvalue weighted by Crippen LogP contribution is 2.02. The Morgan fingerprint density at radius 1 is 1.04 bits per heavy atom. The highest BCUT2D eigenvalue weighted by molar-refractivity contribution is 5.87. The highest BCUT2D eigenvalue weighted by Gasteiger charge is 2.22. The van der Waals surface area contributed by atoms with Crippen LogP contribution in [-0.4, -0.2) is 50.7 Å². The summed E-state index contributed by atoms with van der Waals surface area (Å²) < 4.78 is 14.0. The minimum Gasteiger partial charge on any atom is -0.469 e. The summed E-state index contributed by atoms with van der Waals surface area (Å²) in [4.78, 5) is 46.2. The Morgan fingerprint density at radius 3 is 2.35 bits per heavy atom. The summed E-state index contributed by atoms with van der Waals surface area (Å²) in [6.07, 6.45) is -0.819. The maximum atomic E-state index is 11.9. The Morgan fingerprint density at radius 2 is 1.73 bits per heavy atom. The van der Waals surface area contributed by atoms with Crippen molar-refractivity contribution in [1.82, 2.24) is 10.6 Å². The summed E-state index contributed by atoms with van der Waals surface area (Å²) >= 11 is 0. The Balaban J connectivity index is 2.37. The van der Waals surface area contributed by atoms with Gasteiger partial charge in [0.25, 0.3) is 0 Å². The van der Waals surface area contributed by atoms with E-state index >= 15 is 0 Å². The van der Waals surface area contributed by atoms with Crippen LogP contribution in [0.15, 0.2) is 30.3 Å². The van der Waals surface area contributed by atoms with E-state index in [2.05, 4.69) is 20.1 Å². The van der Waals surface area contributed by atoms with Crippen LogP contribution in [0.4, 0.5) is 4.79 Å². The molecule has 0 spiro atoms. The van der Waals surface area contributed by atoms with Gasteiger partial charge in [-0.3, -0.25) is 9.59 Å². The molecule has 0 radical (unpaired) electrons. The Labute approximate surface area is 151 Å². The molecule has 0 saturated heterocycles. The van der Waals surface area contributed by atoms with E-state index in [-0.39, 0.29) is 26.0 Å². The van der Waals surface area contributed by atoms with Crippen LogP contribution >= 0.6 is 0 Å². The zero-order chi connectivity index (χ0) is 19.4. The van der Waals surface area contributed by atoms with E-state index in [1.165, 1.54) is 14.2 Å². The molecule has 0 saturated carbocycles. The van der Waals surface area contributed by atoms with Crippen LogP contribution < -0.4 is 10.6 Å². The summed E-state index contributed by atoms with van der Waals surface area (Å²) in [6, 6.07) is 8.03. The van der Waals surface area contributed by atoms with Gasteiger partial charge in [-0.25, -0.2) is 9.59 Å². The molecule has 26 heavy (non-hydrogen) atoms. The first kappa shape index (κ1) is 20.9. The van der Waals surface area contributed by atoms with E-state index in [4.69, 9.17) is 4.74 Å². The molecule has 0 fully saturated rings. The van der Waals surface area contributed by atoms with Gasteiger partial charge in [-0.05, 0) is 12.0 Å². The Bertz CT molecular complexity index is 619. The molecule has 2 N–H and O–H groups in total. The number of esters is 2. The summed E-state index contributed by atoms with van der Waals surface area (Å²) in [6.45, 7) is -0.322. The van der Waals surface area contributed by atoms with Gasteiger partial charge in [0, 0.05) is 6.42 Å². The number of carbonyl (C=O) groups excluding carboxylic acids is 4. The summed E-state index contributed by atoms with van der Waals surface area (Å²) in [7, 11) is 2.39. The molecule has 1 rings (SSSR count). The van der Waals surface area contributed by atoms with Crippen LogP contribution in [0.2, 0.25) is 0 Å². The molecular formula is C17H22N2O7. The van der Waals surface area contributed by atoms with Crippen LogP contribution in [0, 0.1) is 0 Å². The van der Waals surface area contributed by atoms with Gasteiger partial charge in [-0.15, -0.1) is 0 Å². The van der Waals surface area contributed by atoms with E-state index in [1.807, 2.05) is 18.2 Å². The van der Waals surface area contributed by atoms with Gasteiger partial charge in [-0.1, -0.05) is 30.3 Å². The molecule has 0 aliphatic heterocycles. The van der Waals surface area contributed by atoms with Crippen molar-refractivity contribution in [2.45, 2.75) is 25.5 Å². The molecule has 0 aliphatic rings. The van der Waals surface area contributed by atoms with E-state index in [0.29, 0.717) is 0 Å². The van der Waals surface area contributed by atoms with Crippen molar-refractivity contribution in [1.29, 1.82) is 0 Å². The fourth-order valence-electron chi connectivity index (χ4n) is 1.93. The fourth-order valence-corrected chi connectivity index (χ4v) is 1.93. The van der Waals surface area contributed by atoms with Gasteiger partial charge in [0.15, 0.2) is 0 Å². The van der Waals surface area contributed by atoms with Gasteiger partial charge in [-0.2, -0.15) is 0 Å². The average Bonchev–Trinajstić information content (AvgIpc) is 2.67. The third kappa shape index (κ3) is 8.13. The molecule has 1 aromatic carbocycles. The molecule has 0 aromatic heterocycles. The molecule has 1 aromatic rings. The van der Waals surface area contributed by atoms with E-state index in [0.717, 1.165) is 5.56 Å². The van der Waals surface area contributed by atoms with Crippen LogP contribution in [0.5, 0.6) is 0 Å². The lowest BCUT2D eigenvalue weighted by Gasteiger charge is -2.16. The maximum Gasteiger partial charge on any atom is 0.407 e. The monoisotopic (exact) mass is 366 g/mol. The zero-order valence-corrected chi connectivity index (χ0v) is 14.7. The highest BCUT2D eigenvalue weighted by atomic mass is 16.5. The van der Waals surface area contributed by atoms with Crippen LogP contribution in [-0.2, 0) is 35.2 Å². The van der Waals surface area contributed by atoms with Gasteiger partial charge in [0.1, 0.15) is 19.2 Å². The van der Waals surface area contributed by atoms with Gasteiger partial charge in [0.2, 0.25) is 5.91 Å². The molecule has 142 valence electrons. The Kier molecular flexibility index (Phi) is 9.23. The molecule has 0 bridgehead atoms. The van der Waals surface area contributed by atoms with Crippen molar-refractivity contribution in [3.05, 3.63) is 35.9 Å². The first-order chi connectivity index (χ1) is 12.5. The van der Waals surface area contributed by atoms with Crippen LogP contribution in [0.25, 0.3) is 0 Å². The van der Waals surface area contributed by atoms with E-state index < -0.39 is 30.0 Å². The first-order valence-corrected chi connectivity index (χ1v) is 7.84. The fraction of sp³-hybridized carbons (Fsp3) is 0.412. The van der Waals surface area contributed by atoms with Crippen LogP contribution in [0.1, 0.15) is 18.4 Å². The topological polar surface area (TPSA) is 120 Å². The number of carbonyl (C=O) groups is 4. The molecule has 0 heterocycles. The smallest absolute Gasteiger partial charge is 0.407 e. The largest absolute Gasteiger partial charge is 0.469 e. The van der Waals surface area contributed by atoms with Gasteiger partial charge in [0.05, 0.1) is 14.2 Å². The number of methoxy groups -OCH3 is 2. The van der Waals surface area contributed by atoms with Crippen molar-refractivity contribution >= 4 is 23.9 Å². The molecular weight excluding hydrogens is 344 g/mol. The standard InChI is InChI=1S/C17H22N2O7/c1-24-15(21)9-8-13(16(22)25-2)19-14(20)10-18-17(23)26-11-12-6-4-3-5-7-12/h3-7,13H,8-11H2,1-2H3,(H,18,23)(H,19,20)/t13-/m1/s1. The van der Waals surface area contributed by atoms with Crippen molar-refractivity contribution in [3.63, 3.8) is 0 Å². The normalized spacial score (nSPS) is 11.0. The summed E-state index contributed by atoms with van der Waals surface area (Å²) in [5.74, 6) is -1.84. The average molecular weight is 366 g/mol. The molecule has 0 unspecified atom stereocenters. The van der Waals surface area contributed by atoms with Crippen molar-refractivity contribution in [2.75, 3.05) is 20.8 Å².